The van der Waals surface area contributed by atoms with Gasteiger partial charge >= 0.3 is 5.69 Å². The molecule has 7 heteroatoms. The zero-order valence-electron chi connectivity index (χ0n) is 10.2. The monoisotopic (exact) mass is 244 g/mol. The minimum atomic E-state index is -1.58. The Morgan fingerprint density at radius 3 is 3.00 bits per heavy atom. The molecule has 2 rings (SSSR count). The van der Waals surface area contributed by atoms with Crippen LogP contribution in [-0.2, 0) is 4.74 Å². The van der Waals surface area contributed by atoms with Crippen LogP contribution < -0.4 is 11.2 Å². The van der Waals surface area contributed by atoms with Gasteiger partial charge in [-0.3, -0.25) is 14.3 Å². The second kappa shape index (κ2) is 4.44. The SMILES string of the molecule is [3H]C(O)[C@H]1O[C@@H](n2cc(C)c(=O)[nH]c2=O)C[C@@H]1O. The molecule has 7 nitrogen and oxygen atoms in total. The van der Waals surface area contributed by atoms with Crippen LogP contribution in [0.1, 0.15) is 19.6 Å². The molecule has 2 heterocycles. The van der Waals surface area contributed by atoms with E-state index >= 15 is 0 Å². The van der Waals surface area contributed by atoms with Gasteiger partial charge in [0.15, 0.2) is 0 Å². The first-order chi connectivity index (χ1) is 8.40. The van der Waals surface area contributed by atoms with Crippen LogP contribution in [0.3, 0.4) is 0 Å². The summed E-state index contributed by atoms with van der Waals surface area (Å²) in [4.78, 5) is 24.9. The number of ether oxygens (including phenoxy) is 1. The number of aromatic amines is 1. The molecule has 1 aromatic rings. The van der Waals surface area contributed by atoms with Gasteiger partial charge in [0.1, 0.15) is 12.3 Å². The Morgan fingerprint density at radius 1 is 1.71 bits per heavy atom. The van der Waals surface area contributed by atoms with Crippen molar-refractivity contribution in [3.8, 4) is 0 Å². The molecule has 0 spiro atoms. The van der Waals surface area contributed by atoms with Crippen LogP contribution in [0.15, 0.2) is 15.8 Å². The Morgan fingerprint density at radius 2 is 2.41 bits per heavy atom. The number of hydrogen-bond acceptors (Lipinski definition) is 5. The van der Waals surface area contributed by atoms with Crippen molar-refractivity contribution in [3.63, 3.8) is 0 Å². The Balaban J connectivity index is 2.32. The van der Waals surface area contributed by atoms with Crippen molar-refractivity contribution >= 4 is 0 Å². The highest BCUT2D eigenvalue weighted by molar-refractivity contribution is 5.02. The van der Waals surface area contributed by atoms with Gasteiger partial charge in [-0.25, -0.2) is 4.79 Å². The van der Waals surface area contributed by atoms with Crippen LogP contribution in [0.4, 0.5) is 0 Å². The number of aliphatic hydroxyl groups excluding tert-OH is 2. The molecular formula is C10H14N2O5. The number of rotatable bonds is 2. The van der Waals surface area contributed by atoms with Gasteiger partial charge in [0, 0.05) is 18.2 Å². The Hall–Kier alpha value is -1.44. The molecule has 4 atom stereocenters. The number of hydrogen-bond donors (Lipinski definition) is 3. The van der Waals surface area contributed by atoms with Crippen LogP contribution in [-0.4, -0.2) is 38.6 Å². The highest BCUT2D eigenvalue weighted by Gasteiger charge is 2.34. The molecule has 0 aliphatic carbocycles. The van der Waals surface area contributed by atoms with Gasteiger partial charge in [0.2, 0.25) is 0 Å². The topological polar surface area (TPSA) is 105 Å². The summed E-state index contributed by atoms with van der Waals surface area (Å²) < 4.78 is 13.5. The average Bonchev–Trinajstić information content (AvgIpc) is 2.65. The van der Waals surface area contributed by atoms with E-state index in [0.717, 1.165) is 4.57 Å². The smallest absolute Gasteiger partial charge is 0.330 e. The fourth-order valence-electron chi connectivity index (χ4n) is 1.78. The minimum absolute atomic E-state index is 0.0754. The predicted octanol–water partition coefficient (Wildman–Crippen LogP) is -1.51. The van der Waals surface area contributed by atoms with Gasteiger partial charge in [0.25, 0.3) is 5.56 Å². The maximum Gasteiger partial charge on any atom is 0.330 e. The van der Waals surface area contributed by atoms with Crippen LogP contribution in [0.25, 0.3) is 0 Å². The van der Waals surface area contributed by atoms with Crippen molar-refractivity contribution in [1.82, 2.24) is 9.55 Å². The summed E-state index contributed by atoms with van der Waals surface area (Å²) >= 11 is 0. The molecule has 94 valence electrons. The lowest BCUT2D eigenvalue weighted by Crippen LogP contribution is -2.33. The van der Waals surface area contributed by atoms with Gasteiger partial charge < -0.3 is 14.9 Å². The maximum absolute atomic E-state index is 11.6. The number of nitrogens with one attached hydrogen (secondary N) is 1. The van der Waals surface area contributed by atoms with E-state index in [1.54, 1.807) is 0 Å². The number of nitrogens with zero attached hydrogens (tertiary/aromatic N) is 1. The lowest BCUT2D eigenvalue weighted by Gasteiger charge is -2.14. The summed E-state index contributed by atoms with van der Waals surface area (Å²) in [5, 5.41) is 18.7. The van der Waals surface area contributed by atoms with Crippen LogP contribution in [0, 0.1) is 6.92 Å². The Labute approximate surface area is 97.7 Å². The molecule has 0 aromatic carbocycles. The van der Waals surface area contributed by atoms with Crippen molar-refractivity contribution in [2.24, 2.45) is 0 Å². The standard InChI is InChI=1S/C10H14N2O5/c1-5-3-12(10(16)11-9(5)15)8-2-6(14)7(4-13)17-8/h3,6-8,13-14H,2,4H2,1H3,(H,11,15,16)/t6-,7+,8+/m0/s1/i4T/t4?,6-,7+,8+. The van der Waals surface area contributed by atoms with E-state index < -0.39 is 36.3 Å². The largest absolute Gasteiger partial charge is 0.394 e. The third-order valence-electron chi connectivity index (χ3n) is 2.74. The predicted molar refractivity (Wildman–Crippen MR) is 57.7 cm³/mol. The number of aryl methyl sites for hydroxylation is 1. The van der Waals surface area contributed by atoms with Crippen LogP contribution in [0.2, 0.25) is 0 Å². The normalized spacial score (nSPS) is 31.2. The number of H-pyrrole nitrogens is 1. The quantitative estimate of drug-likeness (QED) is 0.586. The molecule has 0 amide bonds. The average molecular weight is 244 g/mol. The molecule has 0 bridgehead atoms. The van der Waals surface area contributed by atoms with E-state index in [-0.39, 0.29) is 6.42 Å². The summed E-state index contributed by atoms with van der Waals surface area (Å²) in [5.74, 6) is 0. The molecule has 1 aliphatic heterocycles. The fourth-order valence-corrected chi connectivity index (χ4v) is 1.78. The minimum Gasteiger partial charge on any atom is -0.394 e. The maximum atomic E-state index is 11.6. The number of aliphatic hydroxyl groups is 2. The van der Waals surface area contributed by atoms with Crippen molar-refractivity contribution in [2.75, 3.05) is 6.58 Å². The lowest BCUT2D eigenvalue weighted by molar-refractivity contribution is -0.0459. The molecule has 1 unspecified atom stereocenters. The van der Waals surface area contributed by atoms with Crippen LogP contribution in [0.5, 0.6) is 0 Å². The van der Waals surface area contributed by atoms with E-state index in [0.29, 0.717) is 5.56 Å². The molecular weight excluding hydrogens is 228 g/mol. The zero-order valence-corrected chi connectivity index (χ0v) is 9.16. The summed E-state index contributed by atoms with van der Waals surface area (Å²) in [5.41, 5.74) is -0.794. The van der Waals surface area contributed by atoms with E-state index in [9.17, 15) is 14.7 Å². The van der Waals surface area contributed by atoms with Crippen molar-refractivity contribution in [2.45, 2.75) is 31.8 Å². The van der Waals surface area contributed by atoms with Gasteiger partial charge in [-0.2, -0.15) is 0 Å². The molecule has 1 aliphatic rings. The van der Waals surface area contributed by atoms with E-state index in [4.69, 9.17) is 11.2 Å². The highest BCUT2D eigenvalue weighted by Crippen LogP contribution is 2.27. The summed E-state index contributed by atoms with van der Waals surface area (Å²) in [6, 6.07) is 0. The molecule has 1 saturated heterocycles. The molecule has 17 heavy (non-hydrogen) atoms. The second-order valence-electron chi connectivity index (χ2n) is 3.99. The first-order valence-electron chi connectivity index (χ1n) is 5.74. The van der Waals surface area contributed by atoms with Gasteiger partial charge in [0.05, 0.1) is 14.1 Å². The van der Waals surface area contributed by atoms with Crippen LogP contribution >= 0.6 is 0 Å². The Kier molecular flexibility index (Phi) is 2.79. The van der Waals surface area contributed by atoms with Gasteiger partial charge in [-0.1, -0.05) is 0 Å². The first-order valence-corrected chi connectivity index (χ1v) is 5.16. The molecule has 0 saturated carbocycles. The molecule has 0 radical (unpaired) electrons. The molecule has 1 aromatic heterocycles. The molecule has 3 N–H and O–H groups in total. The first kappa shape index (κ1) is 10.7. The summed E-state index contributed by atoms with van der Waals surface area (Å²) in [7, 11) is 0. The summed E-state index contributed by atoms with van der Waals surface area (Å²) in [6.07, 6.45) is -1.48. The highest BCUT2D eigenvalue weighted by atomic mass is 16.5. The van der Waals surface area contributed by atoms with Crippen molar-refractivity contribution < 1.29 is 16.3 Å². The van der Waals surface area contributed by atoms with E-state index in [2.05, 4.69) is 4.98 Å². The van der Waals surface area contributed by atoms with Gasteiger partial charge in [-0.05, 0) is 6.92 Å². The van der Waals surface area contributed by atoms with Crippen molar-refractivity contribution in [1.29, 1.82) is 0 Å². The van der Waals surface area contributed by atoms with E-state index in [1.165, 1.54) is 13.1 Å². The van der Waals surface area contributed by atoms with Crippen molar-refractivity contribution in [3.05, 3.63) is 32.6 Å². The third kappa shape index (κ3) is 2.17. The Bertz CT molecular complexity index is 552. The fraction of sp³-hybridized carbons (Fsp3) is 0.600. The number of aromatic nitrogens is 2. The second-order valence-corrected chi connectivity index (χ2v) is 3.99. The van der Waals surface area contributed by atoms with E-state index in [1.807, 2.05) is 0 Å². The lowest BCUT2D eigenvalue weighted by atomic mass is 10.2. The summed E-state index contributed by atoms with van der Waals surface area (Å²) in [6.45, 7) is -0.0404. The zero-order chi connectivity index (χ0) is 13.4. The van der Waals surface area contributed by atoms with Gasteiger partial charge in [-0.15, -0.1) is 0 Å². The molecule has 1 fully saturated rings. The third-order valence-corrected chi connectivity index (χ3v) is 2.74.